The average molecular weight is 775 g/mol. The number of hydrogen-bond donors (Lipinski definition) is 0. The molecule has 2 nitrogen and oxygen atoms in total. The summed E-state index contributed by atoms with van der Waals surface area (Å²) in [7, 11) is 0. The van der Waals surface area contributed by atoms with Crippen molar-refractivity contribution in [1.82, 2.24) is 0 Å². The number of hydrogen-bond acceptors (Lipinski definition) is 2. The SMILES string of the molecule is Brc1cc(/C=C/c2ccc(N(c3ccccc3)c3ccccc3)cc2)c(Br)cc1/C=C\c1ccc(N(c2ccccc2)c2ccccc2)cc1. The molecule has 7 rings (SSSR count). The molecule has 4 heteroatoms. The molecule has 0 saturated heterocycles. The zero-order valence-electron chi connectivity index (χ0n) is 27.3. The van der Waals surface area contributed by atoms with Crippen LogP contribution in [0.25, 0.3) is 24.3 Å². The summed E-state index contributed by atoms with van der Waals surface area (Å²) in [6.07, 6.45) is 8.59. The third kappa shape index (κ3) is 7.89. The predicted octanol–water partition coefficient (Wildman–Crippen LogP) is 14.5. The van der Waals surface area contributed by atoms with E-state index in [4.69, 9.17) is 0 Å². The standard InChI is InChI=1S/C46H34Br2N2/c47-45-34-38(28-22-36-25-31-44(32-26-36)50(41-17-9-3-10-18-41)42-19-11-4-12-20-42)46(48)33-37(45)27-21-35-23-29-43(30-24-35)49(39-13-5-1-6-14-39)40-15-7-2-8-16-40/h1-34H/b27-21-,28-22+. The first-order valence-corrected chi connectivity index (χ1v) is 18.1. The molecule has 242 valence electrons. The molecular formula is C46H34Br2N2. The van der Waals surface area contributed by atoms with Gasteiger partial charge in [-0.1, -0.05) is 153 Å². The van der Waals surface area contributed by atoms with Crippen molar-refractivity contribution < 1.29 is 0 Å². The fraction of sp³-hybridized carbons (Fsp3) is 0. The Kier molecular flexibility index (Phi) is 10.5. The van der Waals surface area contributed by atoms with Gasteiger partial charge in [-0.25, -0.2) is 0 Å². The fourth-order valence-electron chi connectivity index (χ4n) is 5.88. The Morgan fingerprint density at radius 2 is 0.560 bits per heavy atom. The van der Waals surface area contributed by atoms with Crippen molar-refractivity contribution in [1.29, 1.82) is 0 Å². The Labute approximate surface area is 311 Å². The van der Waals surface area contributed by atoms with Gasteiger partial charge in [0.15, 0.2) is 0 Å². The third-order valence-corrected chi connectivity index (χ3v) is 9.76. The lowest BCUT2D eigenvalue weighted by atomic mass is 10.1. The molecule has 0 heterocycles. The van der Waals surface area contributed by atoms with Gasteiger partial charge in [-0.15, -0.1) is 0 Å². The van der Waals surface area contributed by atoms with Crippen molar-refractivity contribution >= 4 is 90.3 Å². The Hall–Kier alpha value is -5.42. The number of benzene rings is 7. The van der Waals surface area contributed by atoms with E-state index in [0.717, 1.165) is 65.3 Å². The fourth-order valence-corrected chi connectivity index (χ4v) is 6.86. The van der Waals surface area contributed by atoms with Crippen LogP contribution in [0.2, 0.25) is 0 Å². The Bertz CT molecular complexity index is 1960. The number of rotatable bonds is 10. The van der Waals surface area contributed by atoms with E-state index >= 15 is 0 Å². The normalized spacial score (nSPS) is 11.2. The molecule has 0 fully saturated rings. The maximum atomic E-state index is 3.82. The van der Waals surface area contributed by atoms with Crippen molar-refractivity contribution in [2.24, 2.45) is 0 Å². The molecule has 0 radical (unpaired) electrons. The van der Waals surface area contributed by atoms with Gasteiger partial charge in [0, 0.05) is 43.1 Å². The second kappa shape index (κ2) is 15.9. The quantitative estimate of drug-likeness (QED) is 0.128. The van der Waals surface area contributed by atoms with Crippen LogP contribution in [-0.2, 0) is 0 Å². The van der Waals surface area contributed by atoms with Crippen LogP contribution in [-0.4, -0.2) is 0 Å². The molecule has 0 unspecified atom stereocenters. The molecule has 0 atom stereocenters. The summed E-state index contributed by atoms with van der Waals surface area (Å²) < 4.78 is 2.06. The summed E-state index contributed by atoms with van der Waals surface area (Å²) in [6, 6.07) is 63.5. The van der Waals surface area contributed by atoms with Crippen LogP contribution in [0, 0.1) is 0 Å². The maximum absolute atomic E-state index is 3.82. The number of halogens is 2. The molecule has 0 aromatic heterocycles. The smallest absolute Gasteiger partial charge is 0.0462 e. The molecule has 0 aliphatic heterocycles. The van der Waals surface area contributed by atoms with Gasteiger partial charge in [0.05, 0.1) is 0 Å². The highest BCUT2D eigenvalue weighted by Gasteiger charge is 2.13. The van der Waals surface area contributed by atoms with Gasteiger partial charge in [0.25, 0.3) is 0 Å². The second-order valence-electron chi connectivity index (χ2n) is 11.8. The van der Waals surface area contributed by atoms with E-state index < -0.39 is 0 Å². The number of anilines is 6. The van der Waals surface area contributed by atoms with Gasteiger partial charge in [0.2, 0.25) is 0 Å². The van der Waals surface area contributed by atoms with Gasteiger partial charge in [-0.3, -0.25) is 0 Å². The molecule has 7 aromatic carbocycles. The molecule has 0 aliphatic carbocycles. The van der Waals surface area contributed by atoms with E-state index in [1.165, 1.54) is 0 Å². The minimum absolute atomic E-state index is 1.03. The monoisotopic (exact) mass is 772 g/mol. The molecule has 0 N–H and O–H groups in total. The van der Waals surface area contributed by atoms with E-state index in [1.54, 1.807) is 0 Å². The number of para-hydroxylation sites is 4. The Balaban J connectivity index is 1.06. The second-order valence-corrected chi connectivity index (χ2v) is 13.5. The zero-order chi connectivity index (χ0) is 34.1. The van der Waals surface area contributed by atoms with Crippen molar-refractivity contribution in [2.75, 3.05) is 9.80 Å². The predicted molar refractivity (Wildman–Crippen MR) is 222 cm³/mol. The molecular weight excluding hydrogens is 740 g/mol. The van der Waals surface area contributed by atoms with Crippen LogP contribution in [0.5, 0.6) is 0 Å². The van der Waals surface area contributed by atoms with Crippen LogP contribution in [0.15, 0.2) is 191 Å². The Morgan fingerprint density at radius 3 is 0.840 bits per heavy atom. The first-order chi connectivity index (χ1) is 24.6. The topological polar surface area (TPSA) is 6.48 Å². The molecule has 0 saturated carbocycles. The van der Waals surface area contributed by atoms with Gasteiger partial charge in [0.1, 0.15) is 0 Å². The lowest BCUT2D eigenvalue weighted by Crippen LogP contribution is -2.09. The van der Waals surface area contributed by atoms with Crippen LogP contribution < -0.4 is 9.80 Å². The van der Waals surface area contributed by atoms with Crippen LogP contribution in [0.3, 0.4) is 0 Å². The van der Waals surface area contributed by atoms with Crippen molar-refractivity contribution in [3.8, 4) is 0 Å². The van der Waals surface area contributed by atoms with E-state index in [9.17, 15) is 0 Å². The molecule has 0 amide bonds. The van der Waals surface area contributed by atoms with E-state index in [0.29, 0.717) is 0 Å². The van der Waals surface area contributed by atoms with Gasteiger partial charge >= 0.3 is 0 Å². The molecule has 0 spiro atoms. The van der Waals surface area contributed by atoms with Crippen LogP contribution in [0.1, 0.15) is 22.3 Å². The minimum atomic E-state index is 1.03. The van der Waals surface area contributed by atoms with E-state index in [2.05, 4.69) is 224 Å². The van der Waals surface area contributed by atoms with Gasteiger partial charge in [-0.05, 0) is 107 Å². The molecule has 50 heavy (non-hydrogen) atoms. The molecule has 0 aliphatic rings. The summed E-state index contributed by atoms with van der Waals surface area (Å²) >= 11 is 7.63. The zero-order valence-corrected chi connectivity index (χ0v) is 30.5. The first-order valence-electron chi connectivity index (χ1n) is 16.5. The first kappa shape index (κ1) is 33.1. The average Bonchev–Trinajstić information content (AvgIpc) is 3.17. The highest BCUT2D eigenvalue weighted by molar-refractivity contribution is 9.11. The lowest BCUT2D eigenvalue weighted by Gasteiger charge is -2.25. The third-order valence-electron chi connectivity index (χ3n) is 8.39. The summed E-state index contributed by atoms with van der Waals surface area (Å²) in [6.45, 7) is 0. The largest absolute Gasteiger partial charge is 0.311 e. The van der Waals surface area contributed by atoms with Gasteiger partial charge in [-0.2, -0.15) is 0 Å². The van der Waals surface area contributed by atoms with Crippen molar-refractivity contribution in [2.45, 2.75) is 0 Å². The lowest BCUT2D eigenvalue weighted by molar-refractivity contribution is 1.28. The summed E-state index contributed by atoms with van der Waals surface area (Å²) in [5, 5.41) is 0. The number of nitrogens with zero attached hydrogens (tertiary/aromatic N) is 2. The summed E-state index contributed by atoms with van der Waals surface area (Å²) in [5.41, 5.74) is 11.2. The van der Waals surface area contributed by atoms with E-state index in [1.807, 2.05) is 24.3 Å². The Morgan fingerprint density at radius 1 is 0.300 bits per heavy atom. The molecule has 7 aromatic rings. The van der Waals surface area contributed by atoms with Crippen LogP contribution in [0.4, 0.5) is 34.1 Å². The maximum Gasteiger partial charge on any atom is 0.0462 e. The van der Waals surface area contributed by atoms with E-state index in [-0.39, 0.29) is 0 Å². The van der Waals surface area contributed by atoms with Crippen LogP contribution >= 0.6 is 31.9 Å². The summed E-state index contributed by atoms with van der Waals surface area (Å²) in [5.74, 6) is 0. The highest BCUT2D eigenvalue weighted by atomic mass is 79.9. The van der Waals surface area contributed by atoms with Gasteiger partial charge < -0.3 is 9.80 Å². The summed E-state index contributed by atoms with van der Waals surface area (Å²) in [4.78, 5) is 4.54. The van der Waals surface area contributed by atoms with Crippen molar-refractivity contribution in [3.05, 3.63) is 213 Å². The minimum Gasteiger partial charge on any atom is -0.311 e. The van der Waals surface area contributed by atoms with Crippen molar-refractivity contribution in [3.63, 3.8) is 0 Å². The molecule has 0 bridgehead atoms. The highest BCUT2D eigenvalue weighted by Crippen LogP contribution is 2.36.